The van der Waals surface area contributed by atoms with Crippen molar-refractivity contribution in [3.63, 3.8) is 0 Å². The lowest BCUT2D eigenvalue weighted by Gasteiger charge is -2.26. The van der Waals surface area contributed by atoms with Gasteiger partial charge in [-0.05, 0) is 49.2 Å². The van der Waals surface area contributed by atoms with Gasteiger partial charge >= 0.3 is 5.97 Å². The van der Waals surface area contributed by atoms with Crippen molar-refractivity contribution in [1.29, 1.82) is 0 Å². The Bertz CT molecular complexity index is 664. The smallest absolute Gasteiger partial charge is 0.343 e. The second-order valence-corrected chi connectivity index (χ2v) is 5.25. The molecule has 0 saturated carbocycles. The molecular formula is C18H17NO3. The number of hydrogen-bond acceptors (Lipinski definition) is 3. The third-order valence-electron chi connectivity index (χ3n) is 3.69. The van der Waals surface area contributed by atoms with E-state index in [0.717, 1.165) is 25.1 Å². The lowest BCUT2D eigenvalue weighted by molar-refractivity contribution is -0.119. The van der Waals surface area contributed by atoms with E-state index >= 15 is 0 Å². The van der Waals surface area contributed by atoms with Gasteiger partial charge in [-0.1, -0.05) is 18.2 Å². The topological polar surface area (TPSA) is 46.6 Å². The Kier molecular flexibility index (Phi) is 4.19. The number of hydrogen-bond donors (Lipinski definition) is 0. The zero-order valence-electron chi connectivity index (χ0n) is 12.2. The molecule has 1 aliphatic heterocycles. The number of carbonyl (C=O) groups excluding carboxylic acids is 2. The minimum atomic E-state index is -0.400. The van der Waals surface area contributed by atoms with Gasteiger partial charge in [0.25, 0.3) is 0 Å². The fourth-order valence-electron chi connectivity index (χ4n) is 2.51. The molecule has 4 nitrogen and oxygen atoms in total. The van der Waals surface area contributed by atoms with Crippen LogP contribution in [0.5, 0.6) is 5.75 Å². The third kappa shape index (κ3) is 3.17. The Morgan fingerprint density at radius 1 is 0.955 bits per heavy atom. The number of carbonyl (C=O) groups is 2. The van der Waals surface area contributed by atoms with Gasteiger partial charge in [-0.25, -0.2) is 4.79 Å². The summed E-state index contributed by atoms with van der Waals surface area (Å²) in [5, 5.41) is 0. The summed E-state index contributed by atoms with van der Waals surface area (Å²) < 4.78 is 5.29. The zero-order valence-corrected chi connectivity index (χ0v) is 12.2. The highest BCUT2D eigenvalue weighted by Crippen LogP contribution is 2.22. The molecule has 4 heteroatoms. The van der Waals surface area contributed by atoms with Gasteiger partial charge in [0.15, 0.2) is 0 Å². The Morgan fingerprint density at radius 2 is 1.68 bits per heavy atom. The molecule has 0 unspecified atom stereocenters. The van der Waals surface area contributed by atoms with Crippen LogP contribution in [-0.2, 0) is 4.79 Å². The molecule has 0 radical (unpaired) electrons. The number of para-hydroxylation sites is 1. The lowest BCUT2D eigenvalue weighted by atomic mass is 10.1. The minimum Gasteiger partial charge on any atom is -0.423 e. The second kappa shape index (κ2) is 6.43. The van der Waals surface area contributed by atoms with Gasteiger partial charge in [0.05, 0.1) is 5.56 Å². The number of benzene rings is 2. The molecule has 0 spiro atoms. The molecule has 2 aromatic rings. The summed E-state index contributed by atoms with van der Waals surface area (Å²) in [6.45, 7) is 0.743. The molecule has 0 aromatic heterocycles. The number of esters is 1. The van der Waals surface area contributed by atoms with E-state index < -0.39 is 5.97 Å². The highest BCUT2D eigenvalue weighted by molar-refractivity contribution is 5.95. The third-order valence-corrected chi connectivity index (χ3v) is 3.69. The molecule has 1 amide bonds. The summed E-state index contributed by atoms with van der Waals surface area (Å²) in [5.41, 5.74) is 1.30. The molecule has 22 heavy (non-hydrogen) atoms. The summed E-state index contributed by atoms with van der Waals surface area (Å²) >= 11 is 0. The SMILES string of the molecule is O=C(Oc1ccccc1)c1ccc(N2CCCCC2=O)cc1. The van der Waals surface area contributed by atoms with Crippen LogP contribution in [0.1, 0.15) is 29.6 Å². The van der Waals surface area contributed by atoms with Crippen LogP contribution in [0.2, 0.25) is 0 Å². The number of anilines is 1. The number of amides is 1. The van der Waals surface area contributed by atoms with Crippen LogP contribution < -0.4 is 9.64 Å². The van der Waals surface area contributed by atoms with Crippen molar-refractivity contribution in [3.8, 4) is 5.75 Å². The molecule has 1 saturated heterocycles. The van der Waals surface area contributed by atoms with Crippen molar-refractivity contribution in [2.75, 3.05) is 11.4 Å². The predicted molar refractivity (Wildman–Crippen MR) is 84.0 cm³/mol. The first-order chi connectivity index (χ1) is 10.7. The van der Waals surface area contributed by atoms with Crippen LogP contribution in [0.25, 0.3) is 0 Å². The monoisotopic (exact) mass is 295 g/mol. The van der Waals surface area contributed by atoms with E-state index in [2.05, 4.69) is 0 Å². The maximum atomic E-state index is 12.1. The van der Waals surface area contributed by atoms with Crippen molar-refractivity contribution in [1.82, 2.24) is 0 Å². The van der Waals surface area contributed by atoms with Gasteiger partial charge in [-0.2, -0.15) is 0 Å². The Balaban J connectivity index is 1.71. The number of piperidine rings is 1. The maximum absolute atomic E-state index is 12.1. The minimum absolute atomic E-state index is 0.144. The Morgan fingerprint density at radius 3 is 2.36 bits per heavy atom. The maximum Gasteiger partial charge on any atom is 0.343 e. The van der Waals surface area contributed by atoms with Crippen LogP contribution in [0, 0.1) is 0 Å². The van der Waals surface area contributed by atoms with Gasteiger partial charge < -0.3 is 9.64 Å². The molecular weight excluding hydrogens is 278 g/mol. The first-order valence-corrected chi connectivity index (χ1v) is 7.42. The van der Waals surface area contributed by atoms with Gasteiger partial charge in [-0.3, -0.25) is 4.79 Å². The van der Waals surface area contributed by atoms with Crippen LogP contribution >= 0.6 is 0 Å². The van der Waals surface area contributed by atoms with E-state index in [1.807, 2.05) is 18.2 Å². The number of nitrogens with zero attached hydrogens (tertiary/aromatic N) is 1. The van der Waals surface area contributed by atoms with Gasteiger partial charge in [0, 0.05) is 18.7 Å². The first kappa shape index (κ1) is 14.3. The summed E-state index contributed by atoms with van der Waals surface area (Å²) in [6, 6.07) is 15.9. The Hall–Kier alpha value is -2.62. The van der Waals surface area contributed by atoms with Crippen LogP contribution in [0.3, 0.4) is 0 Å². The molecule has 1 heterocycles. The van der Waals surface area contributed by atoms with Crippen LogP contribution in [-0.4, -0.2) is 18.4 Å². The van der Waals surface area contributed by atoms with Crippen molar-refractivity contribution in [2.24, 2.45) is 0 Å². The summed E-state index contributed by atoms with van der Waals surface area (Å²) in [4.78, 5) is 25.7. The largest absolute Gasteiger partial charge is 0.423 e. The van der Waals surface area contributed by atoms with Gasteiger partial charge in [0.1, 0.15) is 5.75 Å². The molecule has 2 aromatic carbocycles. The van der Waals surface area contributed by atoms with Gasteiger partial charge in [0.2, 0.25) is 5.91 Å². The molecule has 0 N–H and O–H groups in total. The lowest BCUT2D eigenvalue weighted by Crippen LogP contribution is -2.35. The van der Waals surface area contributed by atoms with Crippen LogP contribution in [0.15, 0.2) is 54.6 Å². The molecule has 0 bridgehead atoms. The van der Waals surface area contributed by atoms with Crippen molar-refractivity contribution in [3.05, 3.63) is 60.2 Å². The van der Waals surface area contributed by atoms with Crippen molar-refractivity contribution in [2.45, 2.75) is 19.3 Å². The summed E-state index contributed by atoms with van der Waals surface area (Å²) in [5.74, 6) is 0.261. The summed E-state index contributed by atoms with van der Waals surface area (Å²) in [7, 11) is 0. The van der Waals surface area contributed by atoms with E-state index in [-0.39, 0.29) is 5.91 Å². The first-order valence-electron chi connectivity index (χ1n) is 7.42. The zero-order chi connectivity index (χ0) is 15.4. The van der Waals surface area contributed by atoms with E-state index in [1.54, 1.807) is 41.3 Å². The fourth-order valence-corrected chi connectivity index (χ4v) is 2.51. The average molecular weight is 295 g/mol. The normalized spacial score (nSPS) is 14.7. The molecule has 3 rings (SSSR count). The second-order valence-electron chi connectivity index (χ2n) is 5.25. The van der Waals surface area contributed by atoms with E-state index in [1.165, 1.54) is 0 Å². The average Bonchev–Trinajstić information content (AvgIpc) is 2.56. The van der Waals surface area contributed by atoms with Crippen LogP contribution in [0.4, 0.5) is 5.69 Å². The highest BCUT2D eigenvalue weighted by Gasteiger charge is 2.19. The number of ether oxygens (including phenoxy) is 1. The molecule has 1 aliphatic rings. The van der Waals surface area contributed by atoms with Crippen molar-refractivity contribution < 1.29 is 14.3 Å². The summed E-state index contributed by atoms with van der Waals surface area (Å²) in [6.07, 6.45) is 2.57. The molecule has 112 valence electrons. The van der Waals surface area contributed by atoms with E-state index in [0.29, 0.717) is 17.7 Å². The van der Waals surface area contributed by atoms with E-state index in [9.17, 15) is 9.59 Å². The van der Waals surface area contributed by atoms with E-state index in [4.69, 9.17) is 4.74 Å². The number of rotatable bonds is 3. The quantitative estimate of drug-likeness (QED) is 0.644. The molecule has 0 atom stereocenters. The fraction of sp³-hybridized carbons (Fsp3) is 0.222. The molecule has 1 fully saturated rings. The van der Waals surface area contributed by atoms with Crippen molar-refractivity contribution >= 4 is 17.6 Å². The highest BCUT2D eigenvalue weighted by atomic mass is 16.5. The molecule has 0 aliphatic carbocycles. The van der Waals surface area contributed by atoms with Gasteiger partial charge in [-0.15, -0.1) is 0 Å². The Labute approximate surface area is 129 Å². The standard InChI is InChI=1S/C18H17NO3/c20-17-8-4-5-13-19(17)15-11-9-14(10-12-15)18(21)22-16-6-2-1-3-7-16/h1-3,6-7,9-12H,4-5,8,13H2. The predicted octanol–water partition coefficient (Wildman–Crippen LogP) is 3.42.